The predicted octanol–water partition coefficient (Wildman–Crippen LogP) is 10.6. The molecule has 60 heavy (non-hydrogen) atoms. The second kappa shape index (κ2) is 26.0. The fourth-order valence-corrected chi connectivity index (χ4v) is 6.30. The summed E-state index contributed by atoms with van der Waals surface area (Å²) in [4.78, 5) is 61.2. The van der Waals surface area contributed by atoms with Crippen LogP contribution in [-0.4, -0.2) is 50.2 Å². The van der Waals surface area contributed by atoms with Crippen LogP contribution in [-0.2, 0) is 62.4 Å². The van der Waals surface area contributed by atoms with Crippen molar-refractivity contribution >= 4 is 58.3 Å². The van der Waals surface area contributed by atoms with Crippen molar-refractivity contribution in [1.82, 2.24) is 9.80 Å². The minimum atomic E-state index is -0.191. The summed E-state index contributed by atoms with van der Waals surface area (Å²) >= 11 is 9.53. The van der Waals surface area contributed by atoms with Crippen molar-refractivity contribution in [2.75, 3.05) is 5.34 Å². The zero-order valence-electron chi connectivity index (χ0n) is 34.3. The molecule has 10 nitrogen and oxygen atoms in total. The number of halogens is 2. The van der Waals surface area contributed by atoms with Crippen molar-refractivity contribution in [2.24, 2.45) is 9.98 Å². The van der Waals surface area contributed by atoms with Gasteiger partial charge in [-0.3, -0.25) is 39.0 Å². The molecule has 4 aromatic carbocycles. The molecular formula is C47H50Cl2CuN6O4. The number of likely N-dealkylation sites (tertiary alicyclic amines) is 2. The molecule has 0 spiro atoms. The van der Waals surface area contributed by atoms with Crippen molar-refractivity contribution in [2.45, 2.75) is 79.6 Å². The van der Waals surface area contributed by atoms with Crippen molar-refractivity contribution < 1.29 is 36.2 Å². The molecule has 2 aliphatic heterocycles. The fourth-order valence-electron chi connectivity index (χ4n) is 6.30. The van der Waals surface area contributed by atoms with Crippen LogP contribution in [0.2, 0.25) is 0 Å². The maximum atomic E-state index is 12.4. The van der Waals surface area contributed by atoms with Crippen molar-refractivity contribution in [1.29, 1.82) is 0 Å². The summed E-state index contributed by atoms with van der Waals surface area (Å²) < 4.78 is 0. The quantitative estimate of drug-likeness (QED) is 0.0540. The van der Waals surface area contributed by atoms with Crippen molar-refractivity contribution in [3.63, 3.8) is 0 Å². The number of alkyl halides is 2. The van der Waals surface area contributed by atoms with Crippen LogP contribution in [0.5, 0.6) is 0 Å². The van der Waals surface area contributed by atoms with Gasteiger partial charge in [-0.1, -0.05) is 146 Å². The standard InChI is InChI=1S/2C23H24N3O2.CH2Cl2.Cu/c2*1-17(24-15-19-9-5-3-6-10-19)23(26-21(27)13-14-22(26)28)18(2)25-16-20-11-7-4-8-12-20;2-1-3;/h2*3-12H,13-16H2,1-2H3;1H2;/q2*-1;;+2. The van der Waals surface area contributed by atoms with E-state index >= 15 is 0 Å². The average molecular weight is 897 g/mol. The van der Waals surface area contributed by atoms with Gasteiger partial charge in [0.05, 0.1) is 41.2 Å². The number of benzene rings is 4. The number of nitrogens with zero attached hydrogens (tertiary/aromatic N) is 6. The number of carbonyl (C=O) groups is 4. The Morgan fingerprint density at radius 1 is 0.483 bits per heavy atom. The Bertz CT molecular complexity index is 1960. The minimum absolute atomic E-state index is 0. The topological polar surface area (TPSA) is 128 Å². The maximum Gasteiger partial charge on any atom is 2.00 e. The van der Waals surface area contributed by atoms with Crippen molar-refractivity contribution in [3.8, 4) is 0 Å². The number of imide groups is 2. The fraction of sp³-hybridized carbons (Fsp3) is 0.277. The number of hydrogen-bond acceptors (Lipinski definition) is 6. The van der Waals surface area contributed by atoms with Crippen LogP contribution in [0.15, 0.2) is 154 Å². The summed E-state index contributed by atoms with van der Waals surface area (Å²) in [5.41, 5.74) is 7.86. The Morgan fingerprint density at radius 3 is 1.00 bits per heavy atom. The summed E-state index contributed by atoms with van der Waals surface area (Å²) in [6.07, 6.45) is 0.945. The number of rotatable bonds is 14. The summed E-state index contributed by atoms with van der Waals surface area (Å²) in [5.74, 6) is -0.765. The normalized spacial score (nSPS) is 14.9. The largest absolute Gasteiger partial charge is 2.00 e. The third-order valence-electron chi connectivity index (χ3n) is 9.29. The molecule has 4 aromatic rings. The molecule has 0 saturated carbocycles. The number of carbonyl (C=O) groups excluding carboxylic acids is 4. The van der Waals surface area contributed by atoms with Gasteiger partial charge in [-0.25, -0.2) is 0 Å². The van der Waals surface area contributed by atoms with E-state index in [-0.39, 0.29) is 71.7 Å². The van der Waals surface area contributed by atoms with E-state index in [9.17, 15) is 19.2 Å². The molecule has 0 N–H and O–H groups in total. The van der Waals surface area contributed by atoms with E-state index in [0.717, 1.165) is 22.3 Å². The number of allylic oxidation sites excluding steroid dienone is 4. The Hall–Kier alpha value is -5.32. The molecule has 0 atom stereocenters. The molecule has 317 valence electrons. The van der Waals surface area contributed by atoms with Crippen LogP contribution in [0.3, 0.4) is 0 Å². The molecule has 2 heterocycles. The summed E-state index contributed by atoms with van der Waals surface area (Å²) in [7, 11) is 0. The Balaban J connectivity index is 0.000000296. The van der Waals surface area contributed by atoms with E-state index in [1.54, 1.807) is 0 Å². The first kappa shape index (κ1) is 49.0. The molecule has 0 aromatic heterocycles. The monoisotopic (exact) mass is 895 g/mol. The van der Waals surface area contributed by atoms with E-state index in [1.165, 1.54) is 9.80 Å². The van der Waals surface area contributed by atoms with Gasteiger partial charge >= 0.3 is 17.1 Å². The summed E-state index contributed by atoms with van der Waals surface area (Å²) in [5, 5.41) is 9.47. The summed E-state index contributed by atoms with van der Waals surface area (Å²) in [6.45, 7) is 9.27. The Labute approximate surface area is 374 Å². The van der Waals surface area contributed by atoms with Crippen LogP contribution in [0.4, 0.5) is 0 Å². The molecular weight excluding hydrogens is 847 g/mol. The first-order chi connectivity index (χ1) is 28.5. The second-order valence-corrected chi connectivity index (χ2v) is 14.4. The maximum absolute atomic E-state index is 12.4. The zero-order chi connectivity index (χ0) is 42.6. The number of aliphatic imine (C=N–C) groups is 2. The summed E-state index contributed by atoms with van der Waals surface area (Å²) in [6, 6.07) is 39.5. The second-order valence-electron chi connectivity index (χ2n) is 13.6. The molecule has 0 aliphatic carbocycles. The van der Waals surface area contributed by atoms with Crippen LogP contribution < -0.4 is 0 Å². The van der Waals surface area contributed by atoms with Gasteiger partial charge in [-0.15, -0.1) is 47.7 Å². The Morgan fingerprint density at radius 2 is 0.733 bits per heavy atom. The zero-order valence-corrected chi connectivity index (χ0v) is 36.7. The molecule has 2 saturated heterocycles. The molecule has 13 heteroatoms. The average Bonchev–Trinajstić information content (AvgIpc) is 3.77. The van der Waals surface area contributed by atoms with Gasteiger partial charge in [-0.05, 0) is 25.0 Å². The molecule has 0 unspecified atom stereocenters. The molecule has 2 aliphatic rings. The van der Waals surface area contributed by atoms with Crippen LogP contribution in [0.25, 0.3) is 10.6 Å². The van der Waals surface area contributed by atoms with Crippen molar-refractivity contribution in [3.05, 3.63) is 177 Å². The number of amides is 4. The van der Waals surface area contributed by atoms with E-state index < -0.39 is 0 Å². The third kappa shape index (κ3) is 15.1. The van der Waals surface area contributed by atoms with Gasteiger partial charge in [0.25, 0.3) is 0 Å². The minimum Gasteiger partial charge on any atom is -0.683 e. The molecule has 6 rings (SSSR count). The molecule has 4 amide bonds. The SMILES string of the molecule is CC(=NCc1ccccc1)/C(=C(/C)[N-]Cc1ccccc1)N1C(=O)CCC1=O.CC(=NCc1ccccc1)/C(=C(/C)[N-]Cc1ccccc1)N1C(=O)CCC1=O.ClCCl.[Cu+2]. The van der Waals surface area contributed by atoms with Gasteiger partial charge in [0.15, 0.2) is 0 Å². The van der Waals surface area contributed by atoms with Gasteiger partial charge in [0.2, 0.25) is 23.6 Å². The van der Waals surface area contributed by atoms with Crippen LogP contribution in [0.1, 0.15) is 75.6 Å². The van der Waals surface area contributed by atoms with E-state index in [2.05, 4.69) is 20.6 Å². The van der Waals surface area contributed by atoms with Gasteiger partial charge in [-0.2, -0.15) is 0 Å². The first-order valence-electron chi connectivity index (χ1n) is 19.3. The third-order valence-corrected chi connectivity index (χ3v) is 9.29. The first-order valence-corrected chi connectivity index (χ1v) is 20.4. The van der Waals surface area contributed by atoms with E-state index in [4.69, 9.17) is 23.2 Å². The Kier molecular flexibility index (Phi) is 21.3. The van der Waals surface area contributed by atoms with E-state index in [0.29, 0.717) is 60.4 Å². The van der Waals surface area contributed by atoms with Gasteiger partial charge in [0, 0.05) is 25.7 Å². The van der Waals surface area contributed by atoms with Crippen LogP contribution >= 0.6 is 23.2 Å². The molecule has 2 fully saturated rings. The van der Waals surface area contributed by atoms with E-state index in [1.807, 2.05) is 149 Å². The molecule has 1 radical (unpaired) electrons. The smallest absolute Gasteiger partial charge is 0.683 e. The van der Waals surface area contributed by atoms with Crippen LogP contribution in [0, 0.1) is 0 Å². The van der Waals surface area contributed by atoms with Gasteiger partial charge in [0.1, 0.15) is 0 Å². The number of hydrogen-bond donors (Lipinski definition) is 0. The molecule has 0 bridgehead atoms. The van der Waals surface area contributed by atoms with Gasteiger partial charge < -0.3 is 10.6 Å². The predicted molar refractivity (Wildman–Crippen MR) is 238 cm³/mol.